The van der Waals surface area contributed by atoms with E-state index in [1.54, 1.807) is 30.9 Å². The molecule has 1 aromatic heterocycles. The molecule has 0 aliphatic heterocycles. The molecule has 0 spiro atoms. The molecule has 1 aromatic carbocycles. The standard InChI is InChI=1S/C15H17N3O3S/c1-10-13(7-18(2)17-10)15(21)16-12-5-3-4-11(6-12)8-22-9-14(19)20/h3-7H,8-9H2,1-2H3,(H,16,21)(H,19,20). The largest absolute Gasteiger partial charge is 0.481 e. The maximum atomic E-state index is 12.2. The number of nitrogens with one attached hydrogen (secondary N) is 1. The van der Waals surface area contributed by atoms with Gasteiger partial charge >= 0.3 is 5.97 Å². The van der Waals surface area contributed by atoms with Crippen molar-refractivity contribution < 1.29 is 14.7 Å². The van der Waals surface area contributed by atoms with E-state index in [2.05, 4.69) is 10.4 Å². The first-order chi connectivity index (χ1) is 10.5. The molecule has 22 heavy (non-hydrogen) atoms. The van der Waals surface area contributed by atoms with Gasteiger partial charge in [0, 0.05) is 24.7 Å². The molecule has 1 heterocycles. The van der Waals surface area contributed by atoms with E-state index in [1.807, 2.05) is 18.2 Å². The Balaban J connectivity index is 2.02. The van der Waals surface area contributed by atoms with Crippen LogP contribution in [-0.2, 0) is 17.6 Å². The molecule has 2 rings (SSSR count). The van der Waals surface area contributed by atoms with Gasteiger partial charge in [-0.1, -0.05) is 12.1 Å². The highest BCUT2D eigenvalue weighted by Crippen LogP contribution is 2.17. The molecule has 2 aromatic rings. The van der Waals surface area contributed by atoms with Crippen LogP contribution >= 0.6 is 11.8 Å². The van der Waals surface area contributed by atoms with Crippen LogP contribution in [0.4, 0.5) is 5.69 Å². The van der Waals surface area contributed by atoms with Gasteiger partial charge in [-0.05, 0) is 24.6 Å². The predicted octanol–water partition coefficient (Wildman–Crippen LogP) is 2.30. The maximum absolute atomic E-state index is 12.2. The Hall–Kier alpha value is -2.28. The average molecular weight is 319 g/mol. The zero-order valence-corrected chi connectivity index (χ0v) is 13.2. The van der Waals surface area contributed by atoms with E-state index in [-0.39, 0.29) is 11.7 Å². The molecule has 2 N–H and O–H groups in total. The van der Waals surface area contributed by atoms with E-state index in [0.717, 1.165) is 5.56 Å². The van der Waals surface area contributed by atoms with Gasteiger partial charge in [-0.2, -0.15) is 5.10 Å². The number of hydrogen-bond donors (Lipinski definition) is 2. The van der Waals surface area contributed by atoms with Crippen LogP contribution in [0.5, 0.6) is 0 Å². The lowest BCUT2D eigenvalue weighted by atomic mass is 10.2. The minimum atomic E-state index is -0.832. The first kappa shape index (κ1) is 16.1. The van der Waals surface area contributed by atoms with Crippen LogP contribution in [0, 0.1) is 6.92 Å². The van der Waals surface area contributed by atoms with Crippen LogP contribution in [0.25, 0.3) is 0 Å². The first-order valence-corrected chi connectivity index (χ1v) is 7.81. The summed E-state index contributed by atoms with van der Waals surface area (Å²) in [4.78, 5) is 22.7. The van der Waals surface area contributed by atoms with Gasteiger partial charge in [0.05, 0.1) is 17.0 Å². The second-order valence-electron chi connectivity index (χ2n) is 4.84. The van der Waals surface area contributed by atoms with Gasteiger partial charge in [0.1, 0.15) is 0 Å². The van der Waals surface area contributed by atoms with Crippen molar-refractivity contribution in [2.75, 3.05) is 11.1 Å². The van der Waals surface area contributed by atoms with Crippen LogP contribution in [0.1, 0.15) is 21.6 Å². The van der Waals surface area contributed by atoms with Crippen LogP contribution in [0.3, 0.4) is 0 Å². The molecule has 116 valence electrons. The average Bonchev–Trinajstić information content (AvgIpc) is 2.78. The Morgan fingerprint density at radius 2 is 2.18 bits per heavy atom. The van der Waals surface area contributed by atoms with Crippen molar-refractivity contribution in [2.24, 2.45) is 7.05 Å². The van der Waals surface area contributed by atoms with Gasteiger partial charge < -0.3 is 10.4 Å². The molecule has 0 saturated heterocycles. The van der Waals surface area contributed by atoms with Crippen LogP contribution in [0.15, 0.2) is 30.5 Å². The fraction of sp³-hybridized carbons (Fsp3) is 0.267. The van der Waals surface area contributed by atoms with Crippen molar-refractivity contribution in [1.29, 1.82) is 0 Å². The second-order valence-corrected chi connectivity index (χ2v) is 5.83. The van der Waals surface area contributed by atoms with E-state index in [9.17, 15) is 9.59 Å². The van der Waals surface area contributed by atoms with Crippen molar-refractivity contribution in [3.05, 3.63) is 47.3 Å². The molecule has 0 saturated carbocycles. The van der Waals surface area contributed by atoms with E-state index in [1.165, 1.54) is 11.8 Å². The minimum Gasteiger partial charge on any atom is -0.481 e. The van der Waals surface area contributed by atoms with Crippen molar-refractivity contribution in [2.45, 2.75) is 12.7 Å². The number of carboxylic acids is 1. The fourth-order valence-electron chi connectivity index (χ4n) is 2.02. The second kappa shape index (κ2) is 7.13. The zero-order chi connectivity index (χ0) is 16.1. The minimum absolute atomic E-state index is 0.0610. The third kappa shape index (κ3) is 4.36. The number of hydrogen-bond acceptors (Lipinski definition) is 4. The molecule has 0 bridgehead atoms. The number of carbonyl (C=O) groups is 2. The van der Waals surface area contributed by atoms with Crippen LogP contribution < -0.4 is 5.32 Å². The number of amides is 1. The third-order valence-electron chi connectivity index (χ3n) is 2.94. The van der Waals surface area contributed by atoms with Crippen LogP contribution in [-0.4, -0.2) is 32.5 Å². The maximum Gasteiger partial charge on any atom is 0.313 e. The fourth-order valence-corrected chi connectivity index (χ4v) is 2.71. The Kier molecular flexibility index (Phi) is 5.21. The summed E-state index contributed by atoms with van der Waals surface area (Å²) >= 11 is 1.32. The molecular weight excluding hydrogens is 302 g/mol. The van der Waals surface area contributed by atoms with Crippen molar-refractivity contribution in [3.63, 3.8) is 0 Å². The molecule has 1 amide bonds. The van der Waals surface area contributed by atoms with E-state index in [4.69, 9.17) is 5.11 Å². The highest BCUT2D eigenvalue weighted by atomic mass is 32.2. The number of carboxylic acid groups (broad SMARTS) is 1. The molecule has 0 fully saturated rings. The van der Waals surface area contributed by atoms with Gasteiger partial charge in [0.2, 0.25) is 0 Å². The highest BCUT2D eigenvalue weighted by Gasteiger charge is 2.12. The summed E-state index contributed by atoms with van der Waals surface area (Å²) in [7, 11) is 1.77. The van der Waals surface area contributed by atoms with Crippen molar-refractivity contribution in [1.82, 2.24) is 9.78 Å². The number of benzene rings is 1. The smallest absolute Gasteiger partial charge is 0.313 e. The quantitative estimate of drug-likeness (QED) is 0.853. The van der Waals surface area contributed by atoms with Gasteiger partial charge in [-0.25, -0.2) is 0 Å². The Morgan fingerprint density at radius 1 is 1.41 bits per heavy atom. The summed E-state index contributed by atoms with van der Waals surface area (Å²) in [6.07, 6.45) is 1.68. The first-order valence-electron chi connectivity index (χ1n) is 6.66. The topological polar surface area (TPSA) is 84.2 Å². The molecule has 0 atom stereocenters. The molecule has 0 radical (unpaired) electrons. The van der Waals surface area contributed by atoms with E-state index < -0.39 is 5.97 Å². The molecular formula is C15H17N3O3S. The number of aromatic nitrogens is 2. The molecule has 0 aliphatic rings. The summed E-state index contributed by atoms with van der Waals surface area (Å²) in [5.74, 6) is -0.393. The number of aliphatic carboxylic acids is 1. The third-order valence-corrected chi connectivity index (χ3v) is 3.93. The number of anilines is 1. The van der Waals surface area contributed by atoms with Gasteiger partial charge in [-0.15, -0.1) is 11.8 Å². The molecule has 0 unspecified atom stereocenters. The molecule has 6 nitrogen and oxygen atoms in total. The number of carbonyl (C=O) groups excluding carboxylic acids is 1. The van der Waals surface area contributed by atoms with E-state index >= 15 is 0 Å². The summed E-state index contributed by atoms with van der Waals surface area (Å²) in [5, 5.41) is 15.6. The Morgan fingerprint density at radius 3 is 2.82 bits per heavy atom. The van der Waals surface area contributed by atoms with Gasteiger partial charge in [0.15, 0.2) is 0 Å². The number of rotatable bonds is 6. The zero-order valence-electron chi connectivity index (χ0n) is 12.4. The lowest BCUT2D eigenvalue weighted by molar-refractivity contribution is -0.133. The summed E-state index contributed by atoms with van der Waals surface area (Å²) < 4.78 is 1.60. The van der Waals surface area contributed by atoms with Gasteiger partial charge in [0.25, 0.3) is 5.91 Å². The Bertz CT molecular complexity index is 697. The lowest BCUT2D eigenvalue weighted by Gasteiger charge is -2.06. The number of nitrogens with zero attached hydrogens (tertiary/aromatic N) is 2. The molecule has 7 heteroatoms. The predicted molar refractivity (Wildman–Crippen MR) is 86.1 cm³/mol. The van der Waals surface area contributed by atoms with Crippen molar-refractivity contribution in [3.8, 4) is 0 Å². The SMILES string of the molecule is Cc1nn(C)cc1C(=O)Nc1cccc(CSCC(=O)O)c1. The summed E-state index contributed by atoms with van der Waals surface area (Å²) in [6.45, 7) is 1.79. The molecule has 0 aliphatic carbocycles. The monoisotopic (exact) mass is 319 g/mol. The summed E-state index contributed by atoms with van der Waals surface area (Å²) in [6, 6.07) is 7.38. The van der Waals surface area contributed by atoms with E-state index in [0.29, 0.717) is 22.7 Å². The highest BCUT2D eigenvalue weighted by molar-refractivity contribution is 7.99. The normalized spacial score (nSPS) is 10.5. The lowest BCUT2D eigenvalue weighted by Crippen LogP contribution is -2.12. The Labute approximate surface area is 132 Å². The number of thioether (sulfide) groups is 1. The van der Waals surface area contributed by atoms with Gasteiger partial charge in [-0.3, -0.25) is 14.3 Å². The van der Waals surface area contributed by atoms with Crippen molar-refractivity contribution >= 4 is 29.3 Å². The number of aryl methyl sites for hydroxylation is 2. The summed E-state index contributed by atoms with van der Waals surface area (Å²) in [5.41, 5.74) is 2.86. The van der Waals surface area contributed by atoms with Crippen LogP contribution in [0.2, 0.25) is 0 Å².